The predicted octanol–water partition coefficient (Wildman–Crippen LogP) is 1.08. The second-order valence-electron chi connectivity index (χ2n) is 4.00. The fraction of sp³-hybridized carbons (Fsp3) is 0.0625. The molecule has 0 aliphatic rings. The summed E-state index contributed by atoms with van der Waals surface area (Å²) in [4.78, 5) is 0. The average molecular weight is 390 g/mol. The summed E-state index contributed by atoms with van der Waals surface area (Å²) in [5, 5.41) is 0. The zero-order chi connectivity index (χ0) is 23.2. The minimum Gasteiger partial charge on any atom is -0.0925 e. The third kappa shape index (κ3) is 23.4. The van der Waals surface area contributed by atoms with Crippen molar-refractivity contribution in [3.8, 4) is 178 Å². The molecule has 0 aromatic heterocycles. The van der Waals surface area contributed by atoms with Gasteiger partial charge in [0.1, 0.15) is 0 Å². The first-order valence-corrected chi connectivity index (χ1v) is 8.25. The molecule has 0 aromatic carbocycles. The summed E-state index contributed by atoms with van der Waals surface area (Å²) < 4.78 is 0. The van der Waals surface area contributed by atoms with Crippen molar-refractivity contribution in [3.63, 3.8) is 0 Å². The Kier molecular flexibility index (Phi) is 19.4. The lowest BCUT2D eigenvalue weighted by atomic mass is 10.4. The van der Waals surface area contributed by atoms with Gasteiger partial charge >= 0.3 is 0 Å². The maximum atomic E-state index is 2.63. The zero-order valence-corrected chi connectivity index (χ0v) is 17.0. The van der Waals surface area contributed by atoms with E-state index in [4.69, 9.17) is 0 Å². The molecule has 0 saturated heterocycles. The Bertz CT molecular complexity index is 1560. The van der Waals surface area contributed by atoms with E-state index in [9.17, 15) is 0 Å². The largest absolute Gasteiger partial charge is 0.0925 e. The van der Waals surface area contributed by atoms with E-state index in [0.29, 0.717) is 0 Å². The topological polar surface area (TPSA) is 0 Å². The quantitative estimate of drug-likeness (QED) is 0.543. The molecule has 0 unspecified atom stereocenters. The second kappa shape index (κ2) is 24.4. The summed E-state index contributed by atoms with van der Waals surface area (Å²) in [6, 6.07) is 0. The third-order valence-corrected chi connectivity index (χ3v) is 1.94. The van der Waals surface area contributed by atoms with Crippen LogP contribution in [-0.2, 0) is 0 Å². The van der Waals surface area contributed by atoms with Crippen LogP contribution in [0.25, 0.3) is 0 Å². The van der Waals surface area contributed by atoms with Crippen molar-refractivity contribution >= 4 is 0 Å². The van der Waals surface area contributed by atoms with Crippen LogP contribution in [0.4, 0.5) is 0 Å². The Labute approximate surface area is 191 Å². The standard InChI is InChI=1S/C32H6/c1-3-5-7-9-11-13-15-17-19-21-23-25-27-29-31-32-30-28-26-24-22-20-18-16-14-12-10-8-6-4-2/h1-2H3. The molecule has 0 rings (SSSR count). The van der Waals surface area contributed by atoms with E-state index in [1.54, 1.807) is 13.8 Å². The molecule has 0 aromatic rings. The monoisotopic (exact) mass is 390 g/mol. The molecule has 0 aliphatic heterocycles. The number of rotatable bonds is 0. The van der Waals surface area contributed by atoms with Gasteiger partial charge in [-0.25, -0.2) is 0 Å². The first-order chi connectivity index (χ1) is 15.9. The van der Waals surface area contributed by atoms with Gasteiger partial charge in [-0.2, -0.15) is 0 Å². The Hall–Kier alpha value is -6.60. The SMILES string of the molecule is CC#CC#CC#CC#CC#CC#CC#CC#CC#CC#CC#CC#CC#CC#CC#CC. The zero-order valence-electron chi connectivity index (χ0n) is 17.0. The molecule has 0 N–H and O–H groups in total. The fourth-order valence-corrected chi connectivity index (χ4v) is 0.938. The van der Waals surface area contributed by atoms with Gasteiger partial charge in [-0.05, 0) is 109 Å². The summed E-state index contributed by atoms with van der Waals surface area (Å²) in [5.74, 6) is 75.6. The van der Waals surface area contributed by atoms with Crippen LogP contribution in [0.15, 0.2) is 0 Å². The maximum absolute atomic E-state index is 2.63. The fourth-order valence-electron chi connectivity index (χ4n) is 0.938. The molecule has 0 heterocycles. The summed E-state index contributed by atoms with van der Waals surface area (Å²) in [7, 11) is 0. The number of hydrogen-bond acceptors (Lipinski definition) is 0. The molecule has 0 atom stereocenters. The molecule has 0 fully saturated rings. The molecule has 32 heavy (non-hydrogen) atoms. The second-order valence-corrected chi connectivity index (χ2v) is 4.00. The highest BCUT2D eigenvalue weighted by Gasteiger charge is 1.59. The molecule has 0 bridgehead atoms. The molecule has 134 valence electrons. The smallest absolute Gasteiger partial charge is 0 e. The van der Waals surface area contributed by atoms with Crippen LogP contribution in [0, 0.1) is 178 Å². The van der Waals surface area contributed by atoms with Gasteiger partial charge in [-0.3, -0.25) is 0 Å². The molecule has 0 aliphatic carbocycles. The molecule has 0 saturated carbocycles. The summed E-state index contributed by atoms with van der Waals surface area (Å²) in [5.41, 5.74) is 0. The Morgan fingerprint density at radius 2 is 0.250 bits per heavy atom. The van der Waals surface area contributed by atoms with Gasteiger partial charge in [-0.15, -0.1) is 0 Å². The van der Waals surface area contributed by atoms with Crippen LogP contribution in [0.5, 0.6) is 0 Å². The van der Waals surface area contributed by atoms with Gasteiger partial charge in [0.15, 0.2) is 0 Å². The molecule has 0 spiro atoms. The van der Waals surface area contributed by atoms with Crippen molar-refractivity contribution in [2.75, 3.05) is 0 Å². The molecule has 0 radical (unpaired) electrons. The van der Waals surface area contributed by atoms with Crippen LogP contribution in [-0.4, -0.2) is 0 Å². The highest BCUT2D eigenvalue weighted by atomic mass is 13.6. The van der Waals surface area contributed by atoms with E-state index in [-0.39, 0.29) is 0 Å². The lowest BCUT2D eigenvalue weighted by Crippen LogP contribution is -1.57. The predicted molar refractivity (Wildman–Crippen MR) is 128 cm³/mol. The van der Waals surface area contributed by atoms with Crippen molar-refractivity contribution in [2.24, 2.45) is 0 Å². The van der Waals surface area contributed by atoms with E-state index >= 15 is 0 Å². The van der Waals surface area contributed by atoms with Crippen molar-refractivity contribution in [3.05, 3.63) is 0 Å². The molecular weight excluding hydrogens is 384 g/mol. The number of hydrogen-bond donors (Lipinski definition) is 0. The summed E-state index contributed by atoms with van der Waals surface area (Å²) >= 11 is 0. The van der Waals surface area contributed by atoms with Crippen LogP contribution < -0.4 is 0 Å². The first-order valence-electron chi connectivity index (χ1n) is 8.25. The Morgan fingerprint density at radius 3 is 0.344 bits per heavy atom. The van der Waals surface area contributed by atoms with E-state index in [1.165, 1.54) is 0 Å². The molecule has 0 amide bonds. The molecule has 0 nitrogen and oxygen atoms in total. The van der Waals surface area contributed by atoms with Gasteiger partial charge in [0.2, 0.25) is 0 Å². The lowest BCUT2D eigenvalue weighted by molar-refractivity contribution is 1.92. The normalized spacial score (nSPS) is 3.94. The van der Waals surface area contributed by atoms with E-state index in [2.05, 4.69) is 178 Å². The summed E-state index contributed by atoms with van der Waals surface area (Å²) in [6.07, 6.45) is 0. The van der Waals surface area contributed by atoms with Crippen LogP contribution in [0.2, 0.25) is 0 Å². The average Bonchev–Trinajstić information content (AvgIpc) is 2.81. The van der Waals surface area contributed by atoms with Crippen molar-refractivity contribution in [1.29, 1.82) is 0 Å². The third-order valence-electron chi connectivity index (χ3n) is 1.94. The van der Waals surface area contributed by atoms with Crippen molar-refractivity contribution in [2.45, 2.75) is 13.8 Å². The van der Waals surface area contributed by atoms with Gasteiger partial charge in [0.25, 0.3) is 0 Å². The Morgan fingerprint density at radius 1 is 0.156 bits per heavy atom. The van der Waals surface area contributed by atoms with Crippen molar-refractivity contribution < 1.29 is 0 Å². The Balaban J connectivity index is 4.47. The van der Waals surface area contributed by atoms with Crippen LogP contribution in [0.3, 0.4) is 0 Å². The van der Waals surface area contributed by atoms with Crippen LogP contribution in [0.1, 0.15) is 13.8 Å². The molecule has 0 heteroatoms. The van der Waals surface area contributed by atoms with E-state index in [0.717, 1.165) is 0 Å². The van der Waals surface area contributed by atoms with Crippen LogP contribution >= 0.6 is 0 Å². The van der Waals surface area contributed by atoms with Gasteiger partial charge in [0, 0.05) is 71.0 Å². The summed E-state index contributed by atoms with van der Waals surface area (Å²) in [6.45, 7) is 3.39. The lowest BCUT2D eigenvalue weighted by Gasteiger charge is -1.57. The molecular formula is C32H6. The highest BCUT2D eigenvalue weighted by molar-refractivity contribution is 5.48. The first kappa shape index (κ1) is 25.4. The minimum atomic E-state index is 1.69. The maximum Gasteiger partial charge on any atom is 0 e. The highest BCUT2D eigenvalue weighted by Crippen LogP contribution is 1.60. The van der Waals surface area contributed by atoms with E-state index < -0.39 is 0 Å². The van der Waals surface area contributed by atoms with Gasteiger partial charge in [-0.1, -0.05) is 11.8 Å². The van der Waals surface area contributed by atoms with Crippen molar-refractivity contribution in [1.82, 2.24) is 0 Å². The van der Waals surface area contributed by atoms with Gasteiger partial charge in [0.05, 0.1) is 0 Å². The minimum absolute atomic E-state index is 1.69. The van der Waals surface area contributed by atoms with E-state index in [1.807, 2.05) is 0 Å². The van der Waals surface area contributed by atoms with Gasteiger partial charge < -0.3 is 0 Å².